The molecule has 0 aliphatic carbocycles. The summed E-state index contributed by atoms with van der Waals surface area (Å²) in [6, 6.07) is 13.1. The first-order valence-corrected chi connectivity index (χ1v) is 8.65. The zero-order valence-electron chi connectivity index (χ0n) is 14.5. The number of hydrogen-bond donors (Lipinski definition) is 1. The van der Waals surface area contributed by atoms with Gasteiger partial charge in [0.05, 0.1) is 12.2 Å². The molecular weight excluding hydrogens is 384 g/mol. The monoisotopic (exact) mass is 404 g/mol. The molecule has 132 valence electrons. The molecule has 2 aromatic rings. The number of nitrogens with one attached hydrogen (secondary N) is 1. The second kappa shape index (κ2) is 8.67. The lowest BCUT2D eigenvalue weighted by Gasteiger charge is -2.18. The molecule has 2 amide bonds. The fraction of sp³-hybridized carbons (Fsp3) is 0.263. The van der Waals surface area contributed by atoms with Gasteiger partial charge in [0.1, 0.15) is 5.75 Å². The fourth-order valence-electron chi connectivity index (χ4n) is 2.33. The standard InChI is InChI=1S/C19H21BrN2O3/c1-13-7-6-8-14(2)19(13)25-12-18(24)22(3)11-17(23)21-16-10-5-4-9-15(16)20/h4-10H,11-12H2,1-3H3,(H,21,23). The molecule has 0 saturated carbocycles. The minimum atomic E-state index is -0.269. The number of anilines is 1. The number of nitrogens with zero attached hydrogens (tertiary/aromatic N) is 1. The maximum atomic E-state index is 12.2. The molecule has 5 nitrogen and oxygen atoms in total. The number of para-hydroxylation sites is 2. The van der Waals surface area contributed by atoms with Crippen LogP contribution in [0.25, 0.3) is 0 Å². The van der Waals surface area contributed by atoms with E-state index in [1.807, 2.05) is 50.2 Å². The van der Waals surface area contributed by atoms with Crippen molar-refractivity contribution in [3.63, 3.8) is 0 Å². The highest BCUT2D eigenvalue weighted by Crippen LogP contribution is 2.22. The summed E-state index contributed by atoms with van der Waals surface area (Å²) in [6.45, 7) is 3.71. The lowest BCUT2D eigenvalue weighted by Crippen LogP contribution is -2.37. The Balaban J connectivity index is 1.88. The first kappa shape index (κ1) is 19.0. The Labute approximate surface area is 156 Å². The van der Waals surface area contributed by atoms with Crippen LogP contribution in [-0.2, 0) is 9.59 Å². The van der Waals surface area contributed by atoms with Crippen LogP contribution in [0.4, 0.5) is 5.69 Å². The Morgan fingerprint density at radius 3 is 2.36 bits per heavy atom. The van der Waals surface area contributed by atoms with Gasteiger partial charge in [0.15, 0.2) is 6.61 Å². The minimum absolute atomic E-state index is 0.0454. The fourth-order valence-corrected chi connectivity index (χ4v) is 2.71. The van der Waals surface area contributed by atoms with Crippen molar-refractivity contribution in [3.05, 3.63) is 58.1 Å². The molecule has 0 aliphatic heterocycles. The van der Waals surface area contributed by atoms with Crippen molar-refractivity contribution in [1.29, 1.82) is 0 Å². The van der Waals surface area contributed by atoms with E-state index in [9.17, 15) is 9.59 Å². The summed E-state index contributed by atoms with van der Waals surface area (Å²) < 4.78 is 6.43. The van der Waals surface area contributed by atoms with E-state index in [0.29, 0.717) is 11.4 Å². The van der Waals surface area contributed by atoms with E-state index in [0.717, 1.165) is 15.6 Å². The molecule has 0 heterocycles. The van der Waals surface area contributed by atoms with Gasteiger partial charge in [-0.3, -0.25) is 9.59 Å². The average molecular weight is 405 g/mol. The van der Waals surface area contributed by atoms with Gasteiger partial charge in [-0.1, -0.05) is 30.3 Å². The number of hydrogen-bond acceptors (Lipinski definition) is 3. The van der Waals surface area contributed by atoms with Gasteiger partial charge in [0, 0.05) is 11.5 Å². The van der Waals surface area contributed by atoms with E-state index < -0.39 is 0 Å². The van der Waals surface area contributed by atoms with Gasteiger partial charge in [-0.2, -0.15) is 0 Å². The summed E-state index contributed by atoms with van der Waals surface area (Å²) in [7, 11) is 1.58. The van der Waals surface area contributed by atoms with Gasteiger partial charge in [0.2, 0.25) is 5.91 Å². The molecule has 0 spiro atoms. The van der Waals surface area contributed by atoms with Gasteiger partial charge < -0.3 is 15.0 Å². The predicted octanol–water partition coefficient (Wildman–Crippen LogP) is 3.54. The zero-order valence-corrected chi connectivity index (χ0v) is 16.1. The summed E-state index contributed by atoms with van der Waals surface area (Å²) >= 11 is 3.37. The summed E-state index contributed by atoms with van der Waals surface area (Å²) in [5.74, 6) is 0.182. The summed E-state index contributed by atoms with van der Waals surface area (Å²) in [4.78, 5) is 25.6. The first-order valence-electron chi connectivity index (χ1n) is 7.86. The Morgan fingerprint density at radius 1 is 1.08 bits per heavy atom. The lowest BCUT2D eigenvalue weighted by atomic mass is 10.1. The maximum Gasteiger partial charge on any atom is 0.260 e. The summed E-state index contributed by atoms with van der Waals surface area (Å²) in [5.41, 5.74) is 2.62. The Hall–Kier alpha value is -2.34. The molecule has 0 aromatic heterocycles. The van der Waals surface area contributed by atoms with E-state index in [1.165, 1.54) is 4.90 Å². The number of halogens is 1. The number of aryl methyl sites for hydroxylation is 2. The number of carbonyl (C=O) groups is 2. The molecule has 25 heavy (non-hydrogen) atoms. The van der Waals surface area contributed by atoms with Crippen molar-refractivity contribution in [3.8, 4) is 5.75 Å². The number of benzene rings is 2. The van der Waals surface area contributed by atoms with E-state index in [1.54, 1.807) is 13.1 Å². The normalized spacial score (nSPS) is 10.2. The molecule has 0 radical (unpaired) electrons. The zero-order chi connectivity index (χ0) is 18.4. The van der Waals surface area contributed by atoms with Crippen molar-refractivity contribution in [2.75, 3.05) is 25.5 Å². The molecule has 0 atom stereocenters. The van der Waals surface area contributed by atoms with Crippen molar-refractivity contribution >= 4 is 33.4 Å². The molecular formula is C19H21BrN2O3. The number of rotatable bonds is 6. The largest absolute Gasteiger partial charge is 0.483 e. The average Bonchev–Trinajstić information content (AvgIpc) is 2.56. The molecule has 1 N–H and O–H groups in total. The van der Waals surface area contributed by atoms with Crippen LogP contribution in [0.5, 0.6) is 5.75 Å². The number of carbonyl (C=O) groups excluding carboxylic acids is 2. The maximum absolute atomic E-state index is 12.2. The molecule has 6 heteroatoms. The molecule has 2 rings (SSSR count). The van der Waals surface area contributed by atoms with Crippen LogP contribution >= 0.6 is 15.9 Å². The third-order valence-electron chi connectivity index (χ3n) is 3.70. The van der Waals surface area contributed by atoms with Crippen LogP contribution in [0.15, 0.2) is 46.9 Å². The molecule has 0 unspecified atom stereocenters. The smallest absolute Gasteiger partial charge is 0.260 e. The van der Waals surface area contributed by atoms with Crippen molar-refractivity contribution in [2.24, 2.45) is 0 Å². The summed E-state index contributed by atoms with van der Waals surface area (Å²) in [5, 5.41) is 2.77. The lowest BCUT2D eigenvalue weighted by molar-refractivity contribution is -0.135. The number of likely N-dealkylation sites (N-methyl/N-ethyl adjacent to an activating group) is 1. The second-order valence-corrected chi connectivity index (χ2v) is 6.64. The Morgan fingerprint density at radius 2 is 1.72 bits per heavy atom. The predicted molar refractivity (Wildman–Crippen MR) is 102 cm³/mol. The third-order valence-corrected chi connectivity index (χ3v) is 4.39. The van der Waals surface area contributed by atoms with E-state index in [-0.39, 0.29) is 25.0 Å². The van der Waals surface area contributed by atoms with E-state index >= 15 is 0 Å². The second-order valence-electron chi connectivity index (χ2n) is 5.79. The Kier molecular flexibility index (Phi) is 6.58. The molecule has 0 bridgehead atoms. The van der Waals surface area contributed by atoms with Crippen molar-refractivity contribution < 1.29 is 14.3 Å². The highest BCUT2D eigenvalue weighted by Gasteiger charge is 2.15. The molecule has 0 saturated heterocycles. The molecule has 0 fully saturated rings. The van der Waals surface area contributed by atoms with Crippen LogP contribution in [0.3, 0.4) is 0 Å². The first-order chi connectivity index (χ1) is 11.9. The van der Waals surface area contributed by atoms with Gasteiger partial charge in [0.25, 0.3) is 5.91 Å². The van der Waals surface area contributed by atoms with Crippen LogP contribution in [-0.4, -0.2) is 36.9 Å². The van der Waals surface area contributed by atoms with Crippen molar-refractivity contribution in [1.82, 2.24) is 4.90 Å². The van der Waals surface area contributed by atoms with Gasteiger partial charge in [-0.15, -0.1) is 0 Å². The van der Waals surface area contributed by atoms with Gasteiger partial charge in [-0.25, -0.2) is 0 Å². The summed E-state index contributed by atoms with van der Waals surface area (Å²) in [6.07, 6.45) is 0. The van der Waals surface area contributed by atoms with Crippen LogP contribution in [0.1, 0.15) is 11.1 Å². The minimum Gasteiger partial charge on any atom is -0.483 e. The molecule has 0 aliphatic rings. The van der Waals surface area contributed by atoms with Crippen LogP contribution in [0.2, 0.25) is 0 Å². The molecule has 2 aromatic carbocycles. The van der Waals surface area contributed by atoms with Gasteiger partial charge in [-0.05, 0) is 53.0 Å². The van der Waals surface area contributed by atoms with Crippen LogP contribution in [0, 0.1) is 13.8 Å². The Bertz CT molecular complexity index is 757. The van der Waals surface area contributed by atoms with E-state index in [2.05, 4.69) is 21.2 Å². The SMILES string of the molecule is Cc1cccc(C)c1OCC(=O)N(C)CC(=O)Nc1ccccc1Br. The van der Waals surface area contributed by atoms with Crippen molar-refractivity contribution in [2.45, 2.75) is 13.8 Å². The highest BCUT2D eigenvalue weighted by molar-refractivity contribution is 9.10. The number of ether oxygens (including phenoxy) is 1. The highest BCUT2D eigenvalue weighted by atomic mass is 79.9. The number of amides is 2. The quantitative estimate of drug-likeness (QED) is 0.800. The topological polar surface area (TPSA) is 58.6 Å². The van der Waals surface area contributed by atoms with Gasteiger partial charge >= 0.3 is 0 Å². The van der Waals surface area contributed by atoms with Crippen LogP contribution < -0.4 is 10.1 Å². The van der Waals surface area contributed by atoms with E-state index in [4.69, 9.17) is 4.74 Å². The third kappa shape index (κ3) is 5.32.